The van der Waals surface area contributed by atoms with Crippen LogP contribution < -0.4 is 10.1 Å². The quantitative estimate of drug-likeness (QED) is 0.651. The van der Waals surface area contributed by atoms with E-state index in [9.17, 15) is 9.59 Å². The Morgan fingerprint density at radius 3 is 2.62 bits per heavy atom. The van der Waals surface area contributed by atoms with E-state index in [1.807, 2.05) is 37.3 Å². The molecule has 0 fully saturated rings. The summed E-state index contributed by atoms with van der Waals surface area (Å²) >= 11 is 1.35. The van der Waals surface area contributed by atoms with E-state index < -0.39 is 18.0 Å². The first-order valence-corrected chi connectivity index (χ1v) is 9.12. The summed E-state index contributed by atoms with van der Waals surface area (Å²) in [4.78, 5) is 25.2. The van der Waals surface area contributed by atoms with Gasteiger partial charge >= 0.3 is 5.97 Å². The van der Waals surface area contributed by atoms with Crippen LogP contribution in [0.15, 0.2) is 54.6 Å². The van der Waals surface area contributed by atoms with Gasteiger partial charge in [0.1, 0.15) is 10.6 Å². The average Bonchev–Trinajstić information content (AvgIpc) is 3.08. The summed E-state index contributed by atoms with van der Waals surface area (Å²) in [6, 6.07) is 16.6. The van der Waals surface area contributed by atoms with E-state index in [4.69, 9.17) is 9.47 Å². The molecule has 0 unspecified atom stereocenters. The lowest BCUT2D eigenvalue weighted by Gasteiger charge is -2.15. The standard InChI is InChI=1S/C20H19NO4S/c1-3-24-16-10-6-5-9-15(16)21-19(22)13(2)25-20(23)18-12-14-8-4-7-11-17(14)26-18/h4-13H,3H2,1-2H3,(H,21,22)/t13-/m1/s1. The molecule has 0 aliphatic rings. The van der Waals surface area contributed by atoms with Crippen molar-refractivity contribution in [2.75, 3.05) is 11.9 Å². The molecule has 0 saturated heterocycles. The SMILES string of the molecule is CCOc1ccccc1NC(=O)[C@@H](C)OC(=O)c1cc2ccccc2s1. The van der Waals surface area contributed by atoms with Gasteiger partial charge < -0.3 is 14.8 Å². The van der Waals surface area contributed by atoms with Gasteiger partial charge in [0, 0.05) is 4.70 Å². The predicted octanol–water partition coefficient (Wildman–Crippen LogP) is 4.48. The molecule has 26 heavy (non-hydrogen) atoms. The van der Waals surface area contributed by atoms with Gasteiger partial charge in [-0.2, -0.15) is 0 Å². The van der Waals surface area contributed by atoms with Crippen LogP contribution >= 0.6 is 11.3 Å². The third-order valence-electron chi connectivity index (χ3n) is 3.72. The van der Waals surface area contributed by atoms with E-state index >= 15 is 0 Å². The summed E-state index contributed by atoms with van der Waals surface area (Å²) in [5, 5.41) is 3.72. The van der Waals surface area contributed by atoms with E-state index in [2.05, 4.69) is 5.32 Å². The molecule has 1 aromatic heterocycles. The largest absolute Gasteiger partial charge is 0.492 e. The van der Waals surface area contributed by atoms with Crippen molar-refractivity contribution in [2.24, 2.45) is 0 Å². The highest BCUT2D eigenvalue weighted by atomic mass is 32.1. The lowest BCUT2D eigenvalue weighted by Crippen LogP contribution is -2.30. The summed E-state index contributed by atoms with van der Waals surface area (Å²) in [5.41, 5.74) is 0.545. The molecule has 0 aliphatic carbocycles. The number of esters is 1. The number of hydrogen-bond acceptors (Lipinski definition) is 5. The zero-order valence-corrected chi connectivity index (χ0v) is 15.3. The highest BCUT2D eigenvalue weighted by Gasteiger charge is 2.21. The maximum Gasteiger partial charge on any atom is 0.349 e. The van der Waals surface area contributed by atoms with E-state index in [0.717, 1.165) is 10.1 Å². The van der Waals surface area contributed by atoms with E-state index in [0.29, 0.717) is 22.9 Å². The fraction of sp³-hybridized carbons (Fsp3) is 0.200. The second-order valence-corrected chi connectivity index (χ2v) is 6.70. The van der Waals surface area contributed by atoms with Crippen LogP contribution in [0, 0.1) is 0 Å². The molecule has 1 N–H and O–H groups in total. The number of hydrogen-bond donors (Lipinski definition) is 1. The topological polar surface area (TPSA) is 64.6 Å². The van der Waals surface area contributed by atoms with Crippen molar-refractivity contribution in [3.63, 3.8) is 0 Å². The molecule has 3 aromatic rings. The minimum absolute atomic E-state index is 0.411. The Morgan fingerprint density at radius 1 is 1.12 bits per heavy atom. The van der Waals surface area contributed by atoms with Crippen molar-refractivity contribution in [1.82, 2.24) is 0 Å². The molecule has 0 spiro atoms. The van der Waals surface area contributed by atoms with Crippen molar-refractivity contribution in [1.29, 1.82) is 0 Å². The van der Waals surface area contributed by atoms with Crippen molar-refractivity contribution in [3.05, 3.63) is 59.5 Å². The third-order valence-corrected chi connectivity index (χ3v) is 4.82. The number of carbonyl (C=O) groups excluding carboxylic acids is 2. The number of nitrogens with one attached hydrogen (secondary N) is 1. The van der Waals surface area contributed by atoms with Crippen LogP contribution in [0.3, 0.4) is 0 Å². The van der Waals surface area contributed by atoms with Crippen LogP contribution in [0.5, 0.6) is 5.75 Å². The number of thiophene rings is 1. The van der Waals surface area contributed by atoms with Crippen molar-refractivity contribution < 1.29 is 19.1 Å². The second-order valence-electron chi connectivity index (χ2n) is 5.61. The number of rotatable bonds is 6. The lowest BCUT2D eigenvalue weighted by atomic mass is 10.2. The molecule has 1 heterocycles. The van der Waals surface area contributed by atoms with Crippen molar-refractivity contribution in [2.45, 2.75) is 20.0 Å². The molecule has 6 heteroatoms. The van der Waals surface area contributed by atoms with Gasteiger partial charge in [0.25, 0.3) is 5.91 Å². The van der Waals surface area contributed by atoms with Crippen molar-refractivity contribution in [3.8, 4) is 5.75 Å². The lowest BCUT2D eigenvalue weighted by molar-refractivity contribution is -0.123. The van der Waals surface area contributed by atoms with Crippen LogP contribution in [-0.2, 0) is 9.53 Å². The van der Waals surface area contributed by atoms with Gasteiger partial charge in [-0.15, -0.1) is 11.3 Å². The smallest absolute Gasteiger partial charge is 0.349 e. The molecule has 1 atom stereocenters. The molecule has 5 nitrogen and oxygen atoms in total. The van der Waals surface area contributed by atoms with E-state index in [1.54, 1.807) is 31.2 Å². The fourth-order valence-corrected chi connectivity index (χ4v) is 3.39. The number of fused-ring (bicyclic) bond motifs is 1. The van der Waals surface area contributed by atoms with Crippen LogP contribution in [0.2, 0.25) is 0 Å². The van der Waals surface area contributed by atoms with Crippen LogP contribution in [0.25, 0.3) is 10.1 Å². The number of carbonyl (C=O) groups is 2. The maximum absolute atomic E-state index is 12.4. The first-order chi connectivity index (χ1) is 12.6. The van der Waals surface area contributed by atoms with Gasteiger partial charge in [0.2, 0.25) is 0 Å². The number of benzene rings is 2. The van der Waals surface area contributed by atoms with Crippen molar-refractivity contribution >= 4 is 39.0 Å². The van der Waals surface area contributed by atoms with Gasteiger partial charge in [0.05, 0.1) is 12.3 Å². The molecule has 3 rings (SSSR count). The van der Waals surface area contributed by atoms with Gasteiger partial charge in [-0.1, -0.05) is 30.3 Å². The molecule has 0 saturated carbocycles. The molecule has 134 valence electrons. The average molecular weight is 369 g/mol. The first-order valence-electron chi connectivity index (χ1n) is 8.30. The highest BCUT2D eigenvalue weighted by Crippen LogP contribution is 2.27. The third kappa shape index (κ3) is 4.03. The Morgan fingerprint density at radius 2 is 1.85 bits per heavy atom. The van der Waals surface area contributed by atoms with Crippen LogP contribution in [-0.4, -0.2) is 24.6 Å². The Hall–Kier alpha value is -2.86. The molecular weight excluding hydrogens is 350 g/mol. The Labute approximate surface area is 155 Å². The van der Waals surface area contributed by atoms with Gasteiger partial charge in [-0.3, -0.25) is 4.79 Å². The maximum atomic E-state index is 12.4. The Balaban J connectivity index is 1.66. The molecule has 0 aliphatic heterocycles. The predicted molar refractivity (Wildman–Crippen MR) is 103 cm³/mol. The second kappa shape index (κ2) is 8.01. The first kappa shape index (κ1) is 17.9. The normalized spacial score (nSPS) is 11.8. The van der Waals surface area contributed by atoms with E-state index in [-0.39, 0.29) is 0 Å². The molecule has 0 bridgehead atoms. The molecule has 0 radical (unpaired) electrons. The Kier molecular flexibility index (Phi) is 5.53. The van der Waals surface area contributed by atoms with Gasteiger partial charge in [0.15, 0.2) is 6.10 Å². The zero-order valence-electron chi connectivity index (χ0n) is 14.5. The van der Waals surface area contributed by atoms with Crippen LogP contribution in [0.4, 0.5) is 5.69 Å². The number of ether oxygens (including phenoxy) is 2. The van der Waals surface area contributed by atoms with E-state index in [1.165, 1.54) is 11.3 Å². The van der Waals surface area contributed by atoms with Crippen LogP contribution in [0.1, 0.15) is 23.5 Å². The summed E-state index contributed by atoms with van der Waals surface area (Å²) in [6.07, 6.45) is -0.928. The summed E-state index contributed by atoms with van der Waals surface area (Å²) in [6.45, 7) is 3.90. The fourth-order valence-electron chi connectivity index (χ4n) is 2.44. The monoisotopic (exact) mass is 369 g/mol. The Bertz CT molecular complexity index is 901. The minimum atomic E-state index is -0.928. The van der Waals surface area contributed by atoms with Gasteiger partial charge in [-0.25, -0.2) is 4.79 Å². The minimum Gasteiger partial charge on any atom is -0.492 e. The number of anilines is 1. The summed E-state index contributed by atoms with van der Waals surface area (Å²) in [7, 11) is 0. The van der Waals surface area contributed by atoms with Gasteiger partial charge in [-0.05, 0) is 43.5 Å². The zero-order chi connectivity index (χ0) is 18.5. The number of amides is 1. The summed E-state index contributed by atoms with van der Waals surface area (Å²) in [5.74, 6) is -0.343. The number of para-hydroxylation sites is 2. The molecular formula is C20H19NO4S. The summed E-state index contributed by atoms with van der Waals surface area (Å²) < 4.78 is 11.8. The highest BCUT2D eigenvalue weighted by molar-refractivity contribution is 7.20. The molecule has 2 aromatic carbocycles. The molecule has 1 amide bonds.